The number of sulfonamides is 1. The van der Waals surface area contributed by atoms with E-state index in [1.165, 1.54) is 15.6 Å². The molecule has 0 saturated carbocycles. The average molecular weight is 374 g/mol. The number of hydrogen-bond acceptors (Lipinski definition) is 5. The van der Waals surface area contributed by atoms with E-state index in [0.717, 1.165) is 13.1 Å². The van der Waals surface area contributed by atoms with Gasteiger partial charge in [0.05, 0.1) is 0 Å². The molecular weight excluding hydrogens is 346 g/mol. The lowest BCUT2D eigenvalue weighted by atomic mass is 10.2. The molecule has 2 rings (SSSR count). The molecule has 1 aliphatic rings. The lowest BCUT2D eigenvalue weighted by molar-refractivity contribution is -0.124. The van der Waals surface area contributed by atoms with Crippen LogP contribution in [0.15, 0.2) is 21.7 Å². The van der Waals surface area contributed by atoms with Gasteiger partial charge in [0.15, 0.2) is 0 Å². The lowest BCUT2D eigenvalue weighted by Gasteiger charge is -2.28. The Kier molecular flexibility index (Phi) is 6.79. The molecule has 0 spiro atoms. The van der Waals surface area contributed by atoms with Crippen LogP contribution in [0, 0.1) is 0 Å². The highest BCUT2D eigenvalue weighted by molar-refractivity contribution is 7.91. The number of amides is 1. The largest absolute Gasteiger partial charge is 0.353 e. The van der Waals surface area contributed by atoms with Gasteiger partial charge in [-0.1, -0.05) is 19.9 Å². The molecule has 8 heteroatoms. The van der Waals surface area contributed by atoms with E-state index in [2.05, 4.69) is 31.0 Å². The molecule has 1 N–H and O–H groups in total. The van der Waals surface area contributed by atoms with Crippen LogP contribution < -0.4 is 5.32 Å². The smallest absolute Gasteiger partial charge is 0.253 e. The Morgan fingerprint density at radius 1 is 1.46 bits per heavy atom. The van der Waals surface area contributed by atoms with Crippen molar-refractivity contribution in [3.8, 4) is 0 Å². The first-order chi connectivity index (χ1) is 11.4. The predicted octanol–water partition coefficient (Wildman–Crippen LogP) is 1.75. The van der Waals surface area contributed by atoms with E-state index < -0.39 is 16.1 Å². The Bertz CT molecular complexity index is 627. The second-order valence-corrected chi connectivity index (χ2v) is 9.09. The average Bonchev–Trinajstić information content (AvgIpc) is 3.25. The van der Waals surface area contributed by atoms with Gasteiger partial charge >= 0.3 is 0 Å². The SMILES string of the molecule is CCN(CC)[C@H](C)CNC(=O)[C@@H]1CCCN1S(=O)(=O)c1cccs1. The first kappa shape index (κ1) is 19.4. The summed E-state index contributed by atoms with van der Waals surface area (Å²) in [7, 11) is -3.57. The molecule has 24 heavy (non-hydrogen) atoms. The zero-order chi connectivity index (χ0) is 17.7. The predicted molar refractivity (Wildman–Crippen MR) is 96.6 cm³/mol. The molecular formula is C16H27N3O3S2. The van der Waals surface area contributed by atoms with Crippen LogP contribution in [0.2, 0.25) is 0 Å². The number of thiophene rings is 1. The van der Waals surface area contributed by atoms with Crippen molar-refractivity contribution in [2.45, 2.75) is 49.9 Å². The van der Waals surface area contributed by atoms with Gasteiger partial charge in [-0.15, -0.1) is 11.3 Å². The number of likely N-dealkylation sites (N-methyl/N-ethyl adjacent to an activating group) is 1. The molecule has 0 radical (unpaired) electrons. The summed E-state index contributed by atoms with van der Waals surface area (Å²) in [5, 5.41) is 4.68. The molecule has 6 nitrogen and oxygen atoms in total. The van der Waals surface area contributed by atoms with E-state index >= 15 is 0 Å². The van der Waals surface area contributed by atoms with Crippen LogP contribution in [0.25, 0.3) is 0 Å². The second kappa shape index (κ2) is 8.42. The third-order valence-electron chi connectivity index (χ3n) is 4.57. The van der Waals surface area contributed by atoms with E-state index in [-0.39, 0.29) is 11.9 Å². The number of nitrogens with one attached hydrogen (secondary N) is 1. The Morgan fingerprint density at radius 2 is 2.17 bits per heavy atom. The summed E-state index contributed by atoms with van der Waals surface area (Å²) in [5.74, 6) is -0.188. The highest BCUT2D eigenvalue weighted by atomic mass is 32.2. The fourth-order valence-corrected chi connectivity index (χ4v) is 5.93. The summed E-state index contributed by atoms with van der Waals surface area (Å²) in [6, 6.07) is 2.94. The molecule has 1 aromatic heterocycles. The van der Waals surface area contributed by atoms with E-state index in [4.69, 9.17) is 0 Å². The van der Waals surface area contributed by atoms with Gasteiger partial charge in [0.1, 0.15) is 10.3 Å². The standard InChI is InChI=1S/C16H27N3O3S2/c1-4-18(5-2)13(3)12-17-16(20)14-8-6-10-19(14)24(21,22)15-9-7-11-23-15/h7,9,11,13-14H,4-6,8,10,12H2,1-3H3,(H,17,20)/t13-,14+/m1/s1. The second-order valence-electron chi connectivity index (χ2n) is 6.02. The molecule has 2 atom stereocenters. The summed E-state index contributed by atoms with van der Waals surface area (Å²) in [4.78, 5) is 14.8. The Hall–Kier alpha value is -0.960. The van der Waals surface area contributed by atoms with Crippen molar-refractivity contribution in [3.63, 3.8) is 0 Å². The van der Waals surface area contributed by atoms with E-state index in [1.54, 1.807) is 17.5 Å². The van der Waals surface area contributed by atoms with Gasteiger partial charge in [-0.25, -0.2) is 8.42 Å². The minimum Gasteiger partial charge on any atom is -0.353 e. The molecule has 1 saturated heterocycles. The van der Waals surface area contributed by atoms with Crippen LogP contribution in [-0.4, -0.2) is 61.8 Å². The fraction of sp³-hybridized carbons (Fsp3) is 0.688. The van der Waals surface area contributed by atoms with Gasteiger partial charge in [0, 0.05) is 19.1 Å². The number of carbonyl (C=O) groups excluding carboxylic acids is 1. The summed E-state index contributed by atoms with van der Waals surface area (Å²) in [6.07, 6.45) is 1.30. The van der Waals surface area contributed by atoms with Crippen LogP contribution in [-0.2, 0) is 14.8 Å². The van der Waals surface area contributed by atoms with Crippen molar-refractivity contribution >= 4 is 27.3 Å². The zero-order valence-electron chi connectivity index (χ0n) is 14.6. The molecule has 136 valence electrons. The Labute approximate surface area is 148 Å². The van der Waals surface area contributed by atoms with Crippen LogP contribution in [0.1, 0.15) is 33.6 Å². The zero-order valence-corrected chi connectivity index (χ0v) is 16.2. The van der Waals surface area contributed by atoms with Crippen LogP contribution in [0.3, 0.4) is 0 Å². The summed E-state index contributed by atoms with van der Waals surface area (Å²) in [5.41, 5.74) is 0. The maximum absolute atomic E-state index is 12.7. The highest BCUT2D eigenvalue weighted by Crippen LogP contribution is 2.28. The molecule has 0 aromatic carbocycles. The third kappa shape index (κ3) is 4.17. The summed E-state index contributed by atoms with van der Waals surface area (Å²) < 4.78 is 27.1. The Balaban J connectivity index is 2.01. The summed E-state index contributed by atoms with van der Waals surface area (Å²) in [6.45, 7) is 9.05. The van der Waals surface area contributed by atoms with Gasteiger partial charge < -0.3 is 5.32 Å². The molecule has 1 amide bonds. The first-order valence-electron chi connectivity index (χ1n) is 8.48. The minimum absolute atomic E-state index is 0.188. The van der Waals surface area contributed by atoms with Gasteiger partial charge in [-0.05, 0) is 44.3 Å². The third-order valence-corrected chi connectivity index (χ3v) is 7.85. The van der Waals surface area contributed by atoms with E-state index in [0.29, 0.717) is 30.1 Å². The first-order valence-corrected chi connectivity index (χ1v) is 10.8. The maximum Gasteiger partial charge on any atom is 0.253 e. The van der Waals surface area contributed by atoms with E-state index in [1.807, 2.05) is 0 Å². The van der Waals surface area contributed by atoms with Crippen molar-refractivity contribution in [1.82, 2.24) is 14.5 Å². The minimum atomic E-state index is -3.57. The topological polar surface area (TPSA) is 69.7 Å². The monoisotopic (exact) mass is 373 g/mol. The maximum atomic E-state index is 12.7. The molecule has 1 aliphatic heterocycles. The number of carbonyl (C=O) groups is 1. The van der Waals surface area contributed by atoms with Crippen molar-refractivity contribution in [2.75, 3.05) is 26.2 Å². The molecule has 0 unspecified atom stereocenters. The number of hydrogen-bond donors (Lipinski definition) is 1. The molecule has 2 heterocycles. The lowest BCUT2D eigenvalue weighted by Crippen LogP contribution is -2.49. The van der Waals surface area contributed by atoms with Gasteiger partial charge in [-0.3, -0.25) is 9.69 Å². The van der Waals surface area contributed by atoms with Crippen molar-refractivity contribution in [1.29, 1.82) is 0 Å². The Morgan fingerprint density at radius 3 is 2.75 bits per heavy atom. The molecule has 0 aliphatic carbocycles. The van der Waals surface area contributed by atoms with Crippen molar-refractivity contribution in [3.05, 3.63) is 17.5 Å². The van der Waals surface area contributed by atoms with Crippen LogP contribution in [0.4, 0.5) is 0 Å². The molecule has 1 fully saturated rings. The summed E-state index contributed by atoms with van der Waals surface area (Å²) >= 11 is 1.19. The normalized spacial score (nSPS) is 20.4. The fourth-order valence-electron chi connectivity index (χ4n) is 3.16. The molecule has 1 aromatic rings. The number of nitrogens with zero attached hydrogens (tertiary/aromatic N) is 2. The number of rotatable bonds is 8. The van der Waals surface area contributed by atoms with Gasteiger partial charge in [0.2, 0.25) is 5.91 Å². The van der Waals surface area contributed by atoms with Gasteiger partial charge in [-0.2, -0.15) is 4.31 Å². The quantitative estimate of drug-likeness (QED) is 0.754. The van der Waals surface area contributed by atoms with Crippen molar-refractivity contribution in [2.24, 2.45) is 0 Å². The highest BCUT2D eigenvalue weighted by Gasteiger charge is 2.39. The molecule has 0 bridgehead atoms. The van der Waals surface area contributed by atoms with Crippen LogP contribution in [0.5, 0.6) is 0 Å². The van der Waals surface area contributed by atoms with E-state index in [9.17, 15) is 13.2 Å². The van der Waals surface area contributed by atoms with Gasteiger partial charge in [0.25, 0.3) is 10.0 Å². The van der Waals surface area contributed by atoms with Crippen LogP contribution >= 0.6 is 11.3 Å². The van der Waals surface area contributed by atoms with Crippen molar-refractivity contribution < 1.29 is 13.2 Å².